The zero-order valence-electron chi connectivity index (χ0n) is 13.5. The Labute approximate surface area is 150 Å². The van der Waals surface area contributed by atoms with E-state index in [9.17, 15) is 18.0 Å². The topological polar surface area (TPSA) is 104 Å². The van der Waals surface area contributed by atoms with Crippen molar-refractivity contribution in [1.29, 1.82) is 0 Å². The van der Waals surface area contributed by atoms with Gasteiger partial charge in [0.05, 0.1) is 5.02 Å². The second-order valence-electron chi connectivity index (χ2n) is 5.08. The van der Waals surface area contributed by atoms with E-state index >= 15 is 0 Å². The van der Waals surface area contributed by atoms with Gasteiger partial charge >= 0.3 is 0 Å². The molecule has 132 valence electrons. The van der Waals surface area contributed by atoms with Crippen molar-refractivity contribution in [3.05, 3.63) is 64.2 Å². The fourth-order valence-electron chi connectivity index (χ4n) is 2.04. The van der Waals surface area contributed by atoms with Crippen LogP contribution in [0.1, 0.15) is 26.3 Å². The molecule has 2 aromatic carbocycles. The van der Waals surface area contributed by atoms with E-state index in [0.717, 1.165) is 11.6 Å². The molecule has 25 heavy (non-hydrogen) atoms. The second-order valence-corrected chi connectivity index (χ2v) is 7.34. The van der Waals surface area contributed by atoms with Gasteiger partial charge in [0.2, 0.25) is 10.0 Å². The van der Waals surface area contributed by atoms with Gasteiger partial charge in [-0.15, -0.1) is 0 Å². The van der Waals surface area contributed by atoms with Gasteiger partial charge in [-0.3, -0.25) is 20.4 Å². The lowest BCUT2D eigenvalue weighted by molar-refractivity contribution is 0.0846. The number of carbonyl (C=O) groups excluding carboxylic acids is 2. The molecule has 2 rings (SSSR count). The van der Waals surface area contributed by atoms with E-state index in [4.69, 9.17) is 11.6 Å². The quantitative estimate of drug-likeness (QED) is 0.700. The molecule has 0 fully saturated rings. The number of sulfonamides is 1. The molecule has 9 heteroatoms. The lowest BCUT2D eigenvalue weighted by Gasteiger charge is -2.10. The van der Waals surface area contributed by atoms with Crippen molar-refractivity contribution < 1.29 is 18.0 Å². The highest BCUT2D eigenvalue weighted by Crippen LogP contribution is 2.22. The van der Waals surface area contributed by atoms with Crippen LogP contribution in [-0.2, 0) is 10.0 Å². The summed E-state index contributed by atoms with van der Waals surface area (Å²) in [5.74, 6) is -1.16. The van der Waals surface area contributed by atoms with Crippen LogP contribution in [0.25, 0.3) is 0 Å². The molecule has 0 unspecified atom stereocenters. The summed E-state index contributed by atoms with van der Waals surface area (Å²) in [7, 11) is -2.58. The molecule has 0 spiro atoms. The molecule has 3 N–H and O–H groups in total. The Hall–Kier alpha value is -2.42. The normalized spacial score (nSPS) is 11.0. The minimum Gasteiger partial charge on any atom is -0.267 e. The summed E-state index contributed by atoms with van der Waals surface area (Å²) in [4.78, 5) is 24.0. The molecule has 2 amide bonds. The molecular formula is C16H16ClN3O4S. The van der Waals surface area contributed by atoms with Gasteiger partial charge < -0.3 is 0 Å². The zero-order valence-corrected chi connectivity index (χ0v) is 15.0. The number of aryl methyl sites for hydroxylation is 1. The van der Waals surface area contributed by atoms with E-state index in [-0.39, 0.29) is 15.5 Å². The van der Waals surface area contributed by atoms with Gasteiger partial charge in [0.1, 0.15) is 4.90 Å². The molecule has 0 radical (unpaired) electrons. The molecule has 0 heterocycles. The Kier molecular flexibility index (Phi) is 5.78. The monoisotopic (exact) mass is 381 g/mol. The van der Waals surface area contributed by atoms with Crippen LogP contribution >= 0.6 is 11.6 Å². The van der Waals surface area contributed by atoms with Gasteiger partial charge in [-0.25, -0.2) is 13.1 Å². The SMILES string of the molecule is CNS(=O)(=O)c1cc(C(=O)NNC(=O)c2ccccc2C)ccc1Cl. The van der Waals surface area contributed by atoms with Gasteiger partial charge in [0.25, 0.3) is 11.8 Å². The number of carbonyl (C=O) groups is 2. The van der Waals surface area contributed by atoms with Crippen LogP contribution in [0.3, 0.4) is 0 Å². The highest BCUT2D eigenvalue weighted by molar-refractivity contribution is 7.89. The number of hydrazine groups is 1. The van der Waals surface area contributed by atoms with Crippen LogP contribution in [-0.4, -0.2) is 27.3 Å². The van der Waals surface area contributed by atoms with Gasteiger partial charge in [0, 0.05) is 11.1 Å². The summed E-state index contributed by atoms with van der Waals surface area (Å²) >= 11 is 5.87. The van der Waals surface area contributed by atoms with Crippen LogP contribution in [0.2, 0.25) is 5.02 Å². The molecule has 7 nitrogen and oxygen atoms in total. The number of hydrogen-bond acceptors (Lipinski definition) is 4. The standard InChI is InChI=1S/C16H16ClN3O4S/c1-10-5-3-4-6-12(10)16(22)20-19-15(21)11-7-8-13(17)14(9-11)25(23,24)18-2/h3-9,18H,1-2H3,(H,19,21)(H,20,22). The molecule has 0 bridgehead atoms. The maximum absolute atomic E-state index is 12.2. The van der Waals surface area contributed by atoms with Gasteiger partial charge in [-0.05, 0) is 43.8 Å². The first kappa shape index (κ1) is 18.9. The first-order valence-electron chi connectivity index (χ1n) is 7.15. The average Bonchev–Trinajstić information content (AvgIpc) is 2.60. The van der Waals surface area contributed by atoms with Crippen molar-refractivity contribution in [2.45, 2.75) is 11.8 Å². The molecule has 0 aliphatic heterocycles. The third-order valence-electron chi connectivity index (χ3n) is 3.43. The van der Waals surface area contributed by atoms with E-state index in [2.05, 4.69) is 15.6 Å². The van der Waals surface area contributed by atoms with E-state index in [1.54, 1.807) is 31.2 Å². The molecule has 2 aromatic rings. The Morgan fingerprint density at radius 3 is 2.28 bits per heavy atom. The van der Waals surface area contributed by atoms with E-state index in [1.807, 2.05) is 0 Å². The summed E-state index contributed by atoms with van der Waals surface area (Å²) in [5.41, 5.74) is 5.73. The fraction of sp³-hybridized carbons (Fsp3) is 0.125. The van der Waals surface area contributed by atoms with Crippen LogP contribution in [0.5, 0.6) is 0 Å². The van der Waals surface area contributed by atoms with Crippen LogP contribution < -0.4 is 15.6 Å². The van der Waals surface area contributed by atoms with Crippen molar-refractivity contribution >= 4 is 33.4 Å². The predicted molar refractivity (Wildman–Crippen MR) is 93.8 cm³/mol. The van der Waals surface area contributed by atoms with Gasteiger partial charge in [-0.2, -0.15) is 0 Å². The maximum Gasteiger partial charge on any atom is 0.269 e. The van der Waals surface area contributed by atoms with Crippen molar-refractivity contribution in [1.82, 2.24) is 15.6 Å². The number of rotatable bonds is 4. The summed E-state index contributed by atoms with van der Waals surface area (Å²) in [6, 6.07) is 10.7. The second kappa shape index (κ2) is 7.64. The Morgan fingerprint density at radius 1 is 1.00 bits per heavy atom. The number of benzene rings is 2. The summed E-state index contributed by atoms with van der Waals surface area (Å²) in [6.45, 7) is 1.77. The van der Waals surface area contributed by atoms with Gasteiger partial charge in [-0.1, -0.05) is 29.8 Å². The molecule has 0 atom stereocenters. The van der Waals surface area contributed by atoms with Gasteiger partial charge in [0.15, 0.2) is 0 Å². The third kappa shape index (κ3) is 4.36. The average molecular weight is 382 g/mol. The first-order chi connectivity index (χ1) is 11.8. The van der Waals surface area contributed by atoms with Crippen molar-refractivity contribution in [3.63, 3.8) is 0 Å². The van der Waals surface area contributed by atoms with Crippen LogP contribution in [0.15, 0.2) is 47.4 Å². The summed E-state index contributed by atoms with van der Waals surface area (Å²) in [5, 5.41) is -0.0187. The minimum absolute atomic E-state index is 0.0187. The molecule has 0 saturated heterocycles. The molecule has 0 saturated carbocycles. The van der Waals surface area contributed by atoms with Crippen LogP contribution in [0, 0.1) is 6.92 Å². The van der Waals surface area contributed by atoms with Crippen LogP contribution in [0.4, 0.5) is 0 Å². The van der Waals surface area contributed by atoms with Crippen molar-refractivity contribution in [2.24, 2.45) is 0 Å². The Morgan fingerprint density at radius 2 is 1.64 bits per heavy atom. The van der Waals surface area contributed by atoms with E-state index in [1.165, 1.54) is 19.2 Å². The maximum atomic E-state index is 12.2. The Bertz CT molecular complexity index is 929. The molecule has 0 aliphatic carbocycles. The highest BCUT2D eigenvalue weighted by Gasteiger charge is 2.19. The van der Waals surface area contributed by atoms with E-state index in [0.29, 0.717) is 5.56 Å². The lowest BCUT2D eigenvalue weighted by Crippen LogP contribution is -2.41. The first-order valence-corrected chi connectivity index (χ1v) is 9.02. The zero-order chi connectivity index (χ0) is 18.6. The molecular weight excluding hydrogens is 366 g/mol. The predicted octanol–water partition coefficient (Wildman–Crippen LogP) is 1.63. The molecule has 0 aromatic heterocycles. The number of amides is 2. The van der Waals surface area contributed by atoms with Crippen molar-refractivity contribution in [3.8, 4) is 0 Å². The molecule has 0 aliphatic rings. The Balaban J connectivity index is 2.15. The number of halogens is 1. The van der Waals surface area contributed by atoms with Crippen molar-refractivity contribution in [2.75, 3.05) is 7.05 Å². The summed E-state index contributed by atoms with van der Waals surface area (Å²) < 4.78 is 25.9. The lowest BCUT2D eigenvalue weighted by atomic mass is 10.1. The highest BCUT2D eigenvalue weighted by atomic mass is 35.5. The summed E-state index contributed by atoms with van der Waals surface area (Å²) in [6.07, 6.45) is 0. The number of hydrogen-bond donors (Lipinski definition) is 3. The smallest absolute Gasteiger partial charge is 0.267 e. The third-order valence-corrected chi connectivity index (χ3v) is 5.33. The minimum atomic E-state index is -3.81. The van der Waals surface area contributed by atoms with E-state index < -0.39 is 21.8 Å². The fourth-order valence-corrected chi connectivity index (χ4v) is 3.29. The number of nitrogens with one attached hydrogen (secondary N) is 3. The largest absolute Gasteiger partial charge is 0.269 e.